The van der Waals surface area contributed by atoms with Crippen LogP contribution in [0.15, 0.2) is 42.5 Å². The highest BCUT2D eigenvalue weighted by atomic mass is 35.5. The Bertz CT molecular complexity index is 886. The number of nitrogens with one attached hydrogen (secondary N) is 1. The monoisotopic (exact) mass is 418 g/mol. The van der Waals surface area contributed by atoms with E-state index in [0.29, 0.717) is 15.7 Å². The van der Waals surface area contributed by atoms with Crippen molar-refractivity contribution in [2.45, 2.75) is 12.8 Å². The van der Waals surface area contributed by atoms with E-state index in [4.69, 9.17) is 23.2 Å². The van der Waals surface area contributed by atoms with Crippen molar-refractivity contribution in [2.75, 3.05) is 22.4 Å². The standard InChI is InChI=1S/C17H17Cl2FN2O3S/c1-26(24,25)22(16-6-3-2-5-15(16)20)8-4-7-17(23)21-14-10-12(18)9-13(19)11-14/h2-3,5-6,9-11H,4,7-8H2,1H3,(H,21,23). The van der Waals surface area contributed by atoms with Crippen LogP contribution in [0.4, 0.5) is 15.8 Å². The predicted molar refractivity (Wildman–Crippen MR) is 103 cm³/mol. The van der Waals surface area contributed by atoms with Gasteiger partial charge in [0.1, 0.15) is 5.82 Å². The minimum absolute atomic E-state index is 0.0243. The molecule has 9 heteroatoms. The van der Waals surface area contributed by atoms with Crippen molar-refractivity contribution < 1.29 is 17.6 Å². The van der Waals surface area contributed by atoms with Crippen LogP contribution in [-0.4, -0.2) is 27.1 Å². The molecule has 0 aromatic heterocycles. The second-order valence-corrected chi connectivity index (χ2v) is 8.38. The molecule has 140 valence electrons. The lowest BCUT2D eigenvalue weighted by molar-refractivity contribution is -0.116. The molecule has 0 bridgehead atoms. The molecule has 2 rings (SSSR count). The van der Waals surface area contributed by atoms with Crippen LogP contribution in [0.3, 0.4) is 0 Å². The van der Waals surface area contributed by atoms with Crippen molar-refractivity contribution in [3.63, 3.8) is 0 Å². The van der Waals surface area contributed by atoms with Gasteiger partial charge in [0.15, 0.2) is 0 Å². The molecule has 0 atom stereocenters. The average molecular weight is 419 g/mol. The molecule has 0 fully saturated rings. The van der Waals surface area contributed by atoms with E-state index in [9.17, 15) is 17.6 Å². The highest BCUT2D eigenvalue weighted by Gasteiger charge is 2.20. The summed E-state index contributed by atoms with van der Waals surface area (Å²) in [5, 5.41) is 3.41. The van der Waals surface area contributed by atoms with Gasteiger partial charge < -0.3 is 5.32 Å². The predicted octanol–water partition coefficient (Wildman–Crippen LogP) is 4.32. The fourth-order valence-corrected chi connectivity index (χ4v) is 3.84. The van der Waals surface area contributed by atoms with Crippen LogP contribution in [0.25, 0.3) is 0 Å². The quantitative estimate of drug-likeness (QED) is 0.727. The molecule has 0 aliphatic rings. The number of carbonyl (C=O) groups is 1. The van der Waals surface area contributed by atoms with Gasteiger partial charge in [-0.15, -0.1) is 0 Å². The van der Waals surface area contributed by atoms with Gasteiger partial charge >= 0.3 is 0 Å². The SMILES string of the molecule is CS(=O)(=O)N(CCCC(=O)Nc1cc(Cl)cc(Cl)c1)c1ccccc1F. The molecule has 1 amide bonds. The van der Waals surface area contributed by atoms with Crippen LogP contribution in [0, 0.1) is 5.82 Å². The summed E-state index contributed by atoms with van der Waals surface area (Å²) < 4.78 is 38.8. The third-order valence-electron chi connectivity index (χ3n) is 3.43. The molecule has 0 saturated carbocycles. The van der Waals surface area contributed by atoms with Crippen molar-refractivity contribution >= 4 is 50.5 Å². The molecule has 26 heavy (non-hydrogen) atoms. The highest BCUT2D eigenvalue weighted by molar-refractivity contribution is 7.92. The average Bonchev–Trinajstić information content (AvgIpc) is 2.50. The molecular formula is C17H17Cl2FN2O3S. The van der Waals surface area contributed by atoms with Crippen molar-refractivity contribution in [1.82, 2.24) is 0 Å². The van der Waals surface area contributed by atoms with Gasteiger partial charge in [0.05, 0.1) is 11.9 Å². The first-order valence-corrected chi connectivity index (χ1v) is 10.3. The summed E-state index contributed by atoms with van der Waals surface area (Å²) in [7, 11) is -3.68. The number of amides is 1. The Morgan fingerprint density at radius 1 is 1.15 bits per heavy atom. The molecule has 0 spiro atoms. The van der Waals surface area contributed by atoms with Gasteiger partial charge in [-0.3, -0.25) is 9.10 Å². The minimum atomic E-state index is -3.68. The maximum atomic E-state index is 13.9. The Balaban J connectivity index is 1.99. The fourth-order valence-electron chi connectivity index (χ4n) is 2.35. The van der Waals surface area contributed by atoms with Crippen LogP contribution >= 0.6 is 23.2 Å². The number of anilines is 2. The number of para-hydroxylation sites is 1. The third-order valence-corrected chi connectivity index (χ3v) is 5.05. The van der Waals surface area contributed by atoms with Crippen molar-refractivity contribution in [2.24, 2.45) is 0 Å². The summed E-state index contributed by atoms with van der Waals surface area (Å²) in [6.45, 7) is -0.0243. The minimum Gasteiger partial charge on any atom is -0.326 e. The molecule has 0 aliphatic heterocycles. The molecule has 2 aromatic rings. The summed E-state index contributed by atoms with van der Waals surface area (Å²) in [5.41, 5.74) is 0.401. The zero-order valence-electron chi connectivity index (χ0n) is 13.9. The normalized spacial score (nSPS) is 11.2. The largest absolute Gasteiger partial charge is 0.326 e. The Kier molecular flexibility index (Phi) is 6.86. The lowest BCUT2D eigenvalue weighted by Crippen LogP contribution is -2.32. The van der Waals surface area contributed by atoms with Gasteiger partial charge in [0.2, 0.25) is 15.9 Å². The first kappa shape index (κ1) is 20.5. The lowest BCUT2D eigenvalue weighted by atomic mass is 10.2. The fraction of sp³-hybridized carbons (Fsp3) is 0.235. The first-order valence-electron chi connectivity index (χ1n) is 7.65. The summed E-state index contributed by atoms with van der Waals surface area (Å²) in [6, 6.07) is 10.2. The molecule has 5 nitrogen and oxygen atoms in total. The van der Waals surface area contributed by atoms with Gasteiger partial charge in [0, 0.05) is 28.7 Å². The Labute approximate surface area is 161 Å². The number of hydrogen-bond donors (Lipinski definition) is 1. The number of sulfonamides is 1. The first-order chi connectivity index (χ1) is 12.2. The number of halogens is 3. The van der Waals surface area contributed by atoms with Crippen molar-refractivity contribution in [1.29, 1.82) is 0 Å². The van der Waals surface area contributed by atoms with Gasteiger partial charge in [0.25, 0.3) is 0 Å². The van der Waals surface area contributed by atoms with E-state index < -0.39 is 15.8 Å². The van der Waals surface area contributed by atoms with Gasteiger partial charge in [-0.05, 0) is 36.8 Å². The molecule has 2 aromatic carbocycles. The van der Waals surface area contributed by atoms with E-state index in [2.05, 4.69) is 5.32 Å². The Hall–Kier alpha value is -1.83. The third kappa shape index (κ3) is 5.86. The number of carbonyl (C=O) groups excluding carboxylic acids is 1. The van der Waals surface area contributed by atoms with Crippen LogP contribution < -0.4 is 9.62 Å². The lowest BCUT2D eigenvalue weighted by Gasteiger charge is -2.22. The van der Waals surface area contributed by atoms with Gasteiger partial charge in [-0.2, -0.15) is 0 Å². The number of nitrogens with zero attached hydrogens (tertiary/aromatic N) is 1. The smallest absolute Gasteiger partial charge is 0.232 e. The molecular weight excluding hydrogens is 402 g/mol. The van der Waals surface area contributed by atoms with E-state index in [1.165, 1.54) is 24.3 Å². The molecule has 0 unspecified atom stereocenters. The second-order valence-electron chi connectivity index (χ2n) is 5.60. The summed E-state index contributed by atoms with van der Waals surface area (Å²) in [6.07, 6.45) is 1.25. The summed E-state index contributed by atoms with van der Waals surface area (Å²) in [4.78, 5) is 12.0. The van der Waals surface area contributed by atoms with Crippen LogP contribution in [0.1, 0.15) is 12.8 Å². The zero-order chi connectivity index (χ0) is 19.3. The Morgan fingerprint density at radius 3 is 2.35 bits per heavy atom. The van der Waals surface area contributed by atoms with Crippen molar-refractivity contribution in [3.8, 4) is 0 Å². The number of rotatable bonds is 7. The van der Waals surface area contributed by atoms with Crippen molar-refractivity contribution in [3.05, 3.63) is 58.3 Å². The number of hydrogen-bond acceptors (Lipinski definition) is 3. The molecule has 0 radical (unpaired) electrons. The van der Waals surface area contributed by atoms with Gasteiger partial charge in [-0.1, -0.05) is 35.3 Å². The van der Waals surface area contributed by atoms with E-state index >= 15 is 0 Å². The summed E-state index contributed by atoms with van der Waals surface area (Å²) >= 11 is 11.7. The maximum absolute atomic E-state index is 13.9. The topological polar surface area (TPSA) is 66.5 Å². The van der Waals surface area contributed by atoms with E-state index in [0.717, 1.165) is 10.6 Å². The van der Waals surface area contributed by atoms with E-state index in [-0.39, 0.29) is 31.0 Å². The van der Waals surface area contributed by atoms with Gasteiger partial charge in [-0.25, -0.2) is 12.8 Å². The van der Waals surface area contributed by atoms with Crippen LogP contribution in [0.2, 0.25) is 10.0 Å². The van der Waals surface area contributed by atoms with E-state index in [1.807, 2.05) is 0 Å². The zero-order valence-corrected chi connectivity index (χ0v) is 16.2. The molecule has 0 aliphatic carbocycles. The molecule has 1 N–H and O–H groups in total. The molecule has 0 heterocycles. The summed E-state index contributed by atoms with van der Waals surface area (Å²) in [5.74, 6) is -0.971. The highest BCUT2D eigenvalue weighted by Crippen LogP contribution is 2.23. The van der Waals surface area contributed by atoms with E-state index in [1.54, 1.807) is 18.2 Å². The number of benzene rings is 2. The molecule has 0 saturated heterocycles. The van der Waals surface area contributed by atoms with Crippen LogP contribution in [0.5, 0.6) is 0 Å². The van der Waals surface area contributed by atoms with Crippen LogP contribution in [-0.2, 0) is 14.8 Å². The second kappa shape index (κ2) is 8.70. The Morgan fingerprint density at radius 2 is 1.77 bits per heavy atom. The maximum Gasteiger partial charge on any atom is 0.232 e.